The zero-order chi connectivity index (χ0) is 20.3. The van der Waals surface area contributed by atoms with E-state index in [1.54, 1.807) is 43.0 Å². The molecule has 0 N–H and O–H groups in total. The first-order chi connectivity index (χ1) is 13.5. The van der Waals surface area contributed by atoms with Gasteiger partial charge in [0.25, 0.3) is 0 Å². The van der Waals surface area contributed by atoms with Gasteiger partial charge in [-0.1, -0.05) is 25.3 Å². The molecule has 0 unspecified atom stereocenters. The van der Waals surface area contributed by atoms with Crippen LogP contribution in [0.5, 0.6) is 11.5 Å². The molecule has 28 heavy (non-hydrogen) atoms. The molecular weight excluding hydrogens is 384 g/mol. The average molecular weight is 409 g/mol. The second-order valence-corrected chi connectivity index (χ2v) is 8.56. The Morgan fingerprint density at radius 2 is 1.25 bits per heavy atom. The number of hydrogen-bond acceptors (Lipinski definition) is 4. The van der Waals surface area contributed by atoms with Crippen molar-refractivity contribution in [2.75, 3.05) is 14.2 Å². The molecule has 0 fully saturated rings. The molecule has 3 rings (SSSR count). The van der Waals surface area contributed by atoms with E-state index in [-0.39, 0.29) is 0 Å². The molecule has 0 saturated heterocycles. The number of hydrogen-bond donors (Lipinski definition) is 0. The van der Waals surface area contributed by atoms with Crippen LogP contribution in [0.4, 0.5) is 0 Å². The van der Waals surface area contributed by atoms with Gasteiger partial charge in [0.2, 0.25) is 0 Å². The molecule has 0 saturated carbocycles. The Morgan fingerprint density at radius 3 is 1.79 bits per heavy atom. The van der Waals surface area contributed by atoms with Crippen LogP contribution >= 0.6 is 22.7 Å². The van der Waals surface area contributed by atoms with Crippen molar-refractivity contribution < 1.29 is 9.47 Å². The highest BCUT2D eigenvalue weighted by atomic mass is 32.1. The van der Waals surface area contributed by atoms with E-state index in [1.807, 2.05) is 18.2 Å². The van der Waals surface area contributed by atoms with Gasteiger partial charge in [0.05, 0.1) is 14.2 Å². The third kappa shape index (κ3) is 3.98. The zero-order valence-corrected chi connectivity index (χ0v) is 18.3. The Bertz CT molecular complexity index is 1050. The monoisotopic (exact) mass is 408 g/mol. The molecule has 0 bridgehead atoms. The lowest BCUT2D eigenvalue weighted by molar-refractivity contribution is 0.401. The first-order valence-electron chi connectivity index (χ1n) is 8.91. The van der Waals surface area contributed by atoms with Crippen molar-refractivity contribution >= 4 is 47.0 Å². The number of rotatable bonds is 7. The summed E-state index contributed by atoms with van der Waals surface area (Å²) >= 11 is 3.58. The Labute approximate surface area is 175 Å². The molecule has 0 atom stereocenters. The maximum Gasteiger partial charge on any atom is 0.126 e. The van der Waals surface area contributed by atoms with Gasteiger partial charge in [-0.05, 0) is 61.4 Å². The van der Waals surface area contributed by atoms with E-state index in [1.165, 1.54) is 30.6 Å². The molecule has 1 aromatic carbocycles. The topological polar surface area (TPSA) is 18.5 Å². The smallest absolute Gasteiger partial charge is 0.126 e. The lowest BCUT2D eigenvalue weighted by Crippen LogP contribution is -1.92. The van der Waals surface area contributed by atoms with Crippen LogP contribution in [0.2, 0.25) is 0 Å². The normalized spacial score (nSPS) is 11.0. The highest BCUT2D eigenvalue weighted by molar-refractivity contribution is 7.23. The summed E-state index contributed by atoms with van der Waals surface area (Å²) in [5.74, 6) is 1.58. The fourth-order valence-corrected chi connectivity index (χ4v) is 5.18. The van der Waals surface area contributed by atoms with Crippen LogP contribution < -0.4 is 9.47 Å². The summed E-state index contributed by atoms with van der Waals surface area (Å²) in [6.07, 6.45) is 7.91. The molecule has 0 aliphatic heterocycles. The highest BCUT2D eigenvalue weighted by Gasteiger charge is 2.11. The van der Waals surface area contributed by atoms with Crippen molar-refractivity contribution in [3.63, 3.8) is 0 Å². The van der Waals surface area contributed by atoms with Crippen molar-refractivity contribution in [3.8, 4) is 21.3 Å². The van der Waals surface area contributed by atoms with E-state index in [0.717, 1.165) is 22.6 Å². The first-order valence-corrected chi connectivity index (χ1v) is 10.5. The molecule has 0 spiro atoms. The van der Waals surface area contributed by atoms with Crippen LogP contribution in [0.3, 0.4) is 0 Å². The molecule has 2 nitrogen and oxygen atoms in total. The number of ether oxygens (including phenoxy) is 2. The molecular formula is C24H24O2S2. The summed E-state index contributed by atoms with van der Waals surface area (Å²) in [7, 11) is 3.34. The zero-order valence-electron chi connectivity index (χ0n) is 16.7. The highest BCUT2D eigenvalue weighted by Crippen LogP contribution is 2.39. The van der Waals surface area contributed by atoms with Gasteiger partial charge in [0, 0.05) is 30.6 Å². The minimum atomic E-state index is 0.782. The quantitative estimate of drug-likeness (QED) is 0.401. The Kier molecular flexibility index (Phi) is 6.22. The third-order valence-electron chi connectivity index (χ3n) is 4.56. The molecule has 144 valence electrons. The van der Waals surface area contributed by atoms with E-state index in [0.29, 0.717) is 0 Å². The molecule has 0 radical (unpaired) electrons. The Morgan fingerprint density at radius 1 is 0.714 bits per heavy atom. The van der Waals surface area contributed by atoms with Gasteiger partial charge in [-0.3, -0.25) is 0 Å². The molecule has 2 heterocycles. The van der Waals surface area contributed by atoms with Gasteiger partial charge >= 0.3 is 0 Å². The maximum atomic E-state index is 5.55. The van der Waals surface area contributed by atoms with Crippen molar-refractivity contribution in [2.45, 2.75) is 13.8 Å². The summed E-state index contributed by atoms with van der Waals surface area (Å²) in [5, 5.41) is 0. The van der Waals surface area contributed by atoms with Gasteiger partial charge in [-0.15, -0.1) is 22.7 Å². The van der Waals surface area contributed by atoms with Crippen molar-refractivity contribution in [3.05, 3.63) is 69.4 Å². The standard InChI is InChI=1S/C24H24O2S2/c1-7-17-13-20(26-6)18(14-19(17)25-5)9-10-22-16(4)12-24(28-22)23-11-15(3)21(8-2)27-23/h7-14H,1-2H2,3-6H3/b10-9+. The largest absolute Gasteiger partial charge is 0.496 e. The van der Waals surface area contributed by atoms with Crippen molar-refractivity contribution in [1.29, 1.82) is 0 Å². The molecule has 3 aromatic rings. The minimum absolute atomic E-state index is 0.782. The van der Waals surface area contributed by atoms with Crippen LogP contribution in [0.1, 0.15) is 32.0 Å². The van der Waals surface area contributed by atoms with Gasteiger partial charge in [0.1, 0.15) is 11.5 Å². The maximum absolute atomic E-state index is 5.55. The SMILES string of the molecule is C=Cc1cc(OC)c(/C=C/c2sc(-c3cc(C)c(C=C)s3)cc2C)cc1OC. The van der Waals surface area contributed by atoms with Crippen molar-refractivity contribution in [2.24, 2.45) is 0 Å². The average Bonchev–Trinajstić information content (AvgIpc) is 3.27. The third-order valence-corrected chi connectivity index (χ3v) is 7.19. The lowest BCUT2D eigenvalue weighted by Gasteiger charge is -2.10. The van der Waals surface area contributed by atoms with Crippen LogP contribution in [0, 0.1) is 13.8 Å². The van der Waals surface area contributed by atoms with Crippen molar-refractivity contribution in [1.82, 2.24) is 0 Å². The fourth-order valence-electron chi connectivity index (χ4n) is 3.00. The van der Waals surface area contributed by atoms with Crippen LogP contribution in [-0.2, 0) is 0 Å². The fraction of sp³-hybridized carbons (Fsp3) is 0.167. The van der Waals surface area contributed by atoms with E-state index in [9.17, 15) is 0 Å². The number of benzene rings is 1. The summed E-state index contributed by atoms with van der Waals surface area (Å²) in [5.41, 5.74) is 4.42. The van der Waals surface area contributed by atoms with Crippen LogP contribution in [0.15, 0.2) is 37.4 Å². The number of methoxy groups -OCH3 is 2. The Balaban J connectivity index is 1.96. The van der Waals surface area contributed by atoms with Crippen LogP contribution in [0.25, 0.3) is 34.1 Å². The number of aryl methyl sites for hydroxylation is 2. The first kappa shape index (κ1) is 20.2. The molecule has 0 aliphatic carbocycles. The van der Waals surface area contributed by atoms with E-state index < -0.39 is 0 Å². The van der Waals surface area contributed by atoms with Gasteiger partial charge < -0.3 is 9.47 Å². The molecule has 0 aliphatic rings. The summed E-state index contributed by atoms with van der Waals surface area (Å²) in [6.45, 7) is 12.0. The molecule has 2 aromatic heterocycles. The predicted molar refractivity (Wildman–Crippen MR) is 126 cm³/mol. The number of thiophene rings is 2. The van der Waals surface area contributed by atoms with E-state index >= 15 is 0 Å². The van der Waals surface area contributed by atoms with E-state index in [4.69, 9.17) is 9.47 Å². The van der Waals surface area contributed by atoms with Gasteiger partial charge in [-0.2, -0.15) is 0 Å². The second-order valence-electron chi connectivity index (χ2n) is 6.39. The van der Waals surface area contributed by atoms with Gasteiger partial charge in [0.15, 0.2) is 0 Å². The minimum Gasteiger partial charge on any atom is -0.496 e. The predicted octanol–water partition coefficient (Wildman–Crippen LogP) is 7.57. The van der Waals surface area contributed by atoms with Crippen LogP contribution in [-0.4, -0.2) is 14.2 Å². The molecule has 4 heteroatoms. The summed E-state index contributed by atoms with van der Waals surface area (Å²) in [6, 6.07) is 8.42. The van der Waals surface area contributed by atoms with E-state index in [2.05, 4.69) is 51.3 Å². The summed E-state index contributed by atoms with van der Waals surface area (Å²) in [4.78, 5) is 5.03. The second kappa shape index (κ2) is 8.63. The molecule has 0 amide bonds. The van der Waals surface area contributed by atoms with Gasteiger partial charge in [-0.25, -0.2) is 0 Å². The lowest BCUT2D eigenvalue weighted by atomic mass is 10.1. The summed E-state index contributed by atoms with van der Waals surface area (Å²) < 4.78 is 11.0. The Hall–Kier alpha value is -2.56.